The molecule has 4 fully saturated rings. The molecule has 508 valence electrons. The number of Topliss-reactive ketones (excluding diaryl/α,β-unsaturated/α-hetero) is 1. The molecule has 8 N–H and O–H groups in total. The summed E-state index contributed by atoms with van der Waals surface area (Å²) in [5.74, 6) is 3.36. The first-order valence-electron chi connectivity index (χ1n) is 34.9. The Morgan fingerprint density at radius 2 is 0.811 bits per heavy atom. The molecule has 0 radical (unpaired) electrons. The molecule has 4 aliphatic rings. The fourth-order valence-electron chi connectivity index (χ4n) is 13.3. The zero-order valence-electron chi connectivity index (χ0n) is 55.6. The average molecular weight is 1410 g/mol. The van der Waals surface area contributed by atoms with E-state index in [1.54, 1.807) is 23.5 Å². The van der Waals surface area contributed by atoms with E-state index in [4.69, 9.17) is 5.73 Å². The number of nitrogens with one attached hydrogen (secondary N) is 6. The van der Waals surface area contributed by atoms with Gasteiger partial charge < -0.3 is 42.2 Å². The molecule has 0 bridgehead atoms. The first-order chi connectivity index (χ1) is 46.7. The summed E-state index contributed by atoms with van der Waals surface area (Å²) in [6, 6.07) is 67.7. The van der Waals surface area contributed by atoms with Gasteiger partial charge in [0.1, 0.15) is 12.9 Å². The molecule has 3 heterocycles. The molecule has 4 saturated carbocycles. The average Bonchev–Trinajstić information content (AvgIpc) is 1.35. The molecule has 4 unspecified atom stereocenters. The molecular weight excluding hydrogens is 1300 g/mol. The number of hydrogen-bond donors (Lipinski definition) is 7. The number of benzene rings is 5. The number of carbonyl (C=O) groups excluding carboxylic acids is 1. The van der Waals surface area contributed by atoms with Gasteiger partial charge in [-0.25, -0.2) is 0 Å². The predicted octanol–water partition coefficient (Wildman–Crippen LogP) is 17.6. The summed E-state index contributed by atoms with van der Waals surface area (Å²) in [7, 11) is -2.65. The Morgan fingerprint density at radius 3 is 1.26 bits per heavy atom. The van der Waals surface area contributed by atoms with Crippen molar-refractivity contribution >= 4 is 92.8 Å². The summed E-state index contributed by atoms with van der Waals surface area (Å²) in [4.78, 5) is 20.6. The van der Waals surface area contributed by atoms with Crippen LogP contribution in [0.4, 0.5) is 0 Å². The van der Waals surface area contributed by atoms with Crippen LogP contribution in [-0.2, 0) is 29.0 Å². The lowest BCUT2D eigenvalue weighted by molar-refractivity contribution is -0.117. The van der Waals surface area contributed by atoms with Crippen LogP contribution in [-0.4, -0.2) is 84.6 Å². The van der Waals surface area contributed by atoms with Gasteiger partial charge in [-0.2, -0.15) is 0 Å². The van der Waals surface area contributed by atoms with Crippen molar-refractivity contribution in [1.29, 1.82) is 0 Å². The van der Waals surface area contributed by atoms with Crippen molar-refractivity contribution in [3.8, 4) is 0 Å². The normalized spacial score (nSPS) is 21.1. The van der Waals surface area contributed by atoms with Crippen LogP contribution in [0.25, 0.3) is 0 Å². The van der Waals surface area contributed by atoms with Gasteiger partial charge in [-0.05, 0) is 128 Å². The third-order valence-electron chi connectivity index (χ3n) is 18.5. The second-order valence-corrected chi connectivity index (χ2v) is 34.8. The highest BCUT2D eigenvalue weighted by molar-refractivity contribution is 8.00. The van der Waals surface area contributed by atoms with E-state index in [-0.39, 0.29) is 0 Å². The summed E-state index contributed by atoms with van der Waals surface area (Å²) in [6.07, 6.45) is 21.4. The minimum Gasteiger partial charge on any atom is -0.385 e. The molecule has 4 aliphatic carbocycles. The molecule has 5 aromatic carbocycles. The molecular formula is C79H104N7O2PS6. The van der Waals surface area contributed by atoms with Gasteiger partial charge in [-0.3, -0.25) is 4.79 Å². The smallest absolute Gasteiger partial charge is 0.144 e. The van der Waals surface area contributed by atoms with Gasteiger partial charge >= 0.3 is 0 Å². The van der Waals surface area contributed by atoms with Gasteiger partial charge in [-0.15, -0.1) is 69.3 Å². The van der Waals surface area contributed by atoms with Crippen LogP contribution in [0.1, 0.15) is 124 Å². The minimum absolute atomic E-state index is 0.358. The maximum Gasteiger partial charge on any atom is 0.144 e. The number of ketones is 1. The molecule has 0 aliphatic heterocycles. The Labute approximate surface area is 594 Å². The summed E-state index contributed by atoms with van der Waals surface area (Å²) >= 11 is 10.9. The van der Waals surface area contributed by atoms with Crippen LogP contribution in [0.3, 0.4) is 0 Å². The first-order valence-corrected chi connectivity index (χ1v) is 42.4. The van der Waals surface area contributed by atoms with Gasteiger partial charge in [0.05, 0.1) is 5.75 Å². The van der Waals surface area contributed by atoms with Crippen LogP contribution < -0.4 is 48.2 Å². The quantitative estimate of drug-likeness (QED) is 0.0131. The number of rotatable bonds is 30. The molecule has 8 aromatic rings. The zero-order valence-corrected chi connectivity index (χ0v) is 61.4. The second-order valence-electron chi connectivity index (χ2n) is 25.5. The maximum absolute atomic E-state index is 14.2. The molecule has 9 nitrogen and oxygen atoms in total. The summed E-state index contributed by atoms with van der Waals surface area (Å²) in [5, 5.41) is 30.6. The molecule has 0 saturated heterocycles. The minimum atomic E-state index is -2.65. The highest BCUT2D eigenvalue weighted by Gasteiger charge is 2.31. The van der Waals surface area contributed by atoms with E-state index < -0.39 is 7.14 Å². The van der Waals surface area contributed by atoms with Gasteiger partial charge in [0.2, 0.25) is 0 Å². The molecule has 16 heteroatoms. The topological polar surface area (TPSA) is 132 Å². The Morgan fingerprint density at radius 1 is 0.432 bits per heavy atom. The van der Waals surface area contributed by atoms with E-state index in [1.807, 2.05) is 131 Å². The van der Waals surface area contributed by atoms with Gasteiger partial charge in [0, 0.05) is 145 Å². The molecule has 95 heavy (non-hydrogen) atoms. The number of thioether (sulfide) groups is 3. The second kappa shape index (κ2) is 43.1. The van der Waals surface area contributed by atoms with Crippen LogP contribution in [0.2, 0.25) is 0 Å². The van der Waals surface area contributed by atoms with Crippen molar-refractivity contribution in [2.24, 2.45) is 11.7 Å². The molecule has 8 atom stereocenters. The van der Waals surface area contributed by atoms with Crippen molar-refractivity contribution in [2.75, 3.05) is 36.5 Å². The van der Waals surface area contributed by atoms with Gasteiger partial charge in [-0.1, -0.05) is 191 Å². The van der Waals surface area contributed by atoms with E-state index in [2.05, 4.69) is 158 Å². The Hall–Kier alpha value is -4.55. The Kier molecular flexibility index (Phi) is 33.9. The highest BCUT2D eigenvalue weighted by atomic mass is 32.2. The van der Waals surface area contributed by atoms with E-state index in [0.29, 0.717) is 72.3 Å². The summed E-state index contributed by atoms with van der Waals surface area (Å²) < 4.78 is 14.2. The maximum atomic E-state index is 14.2. The van der Waals surface area contributed by atoms with Crippen LogP contribution in [0.5, 0.6) is 0 Å². The zero-order chi connectivity index (χ0) is 65.8. The van der Waals surface area contributed by atoms with E-state index in [0.717, 1.165) is 73.4 Å². The third-order valence-corrected chi connectivity index (χ3v) is 27.4. The van der Waals surface area contributed by atoms with E-state index >= 15 is 0 Å². The monoisotopic (exact) mass is 1410 g/mol. The molecule has 3 aromatic heterocycles. The first kappa shape index (κ1) is 74.7. The van der Waals surface area contributed by atoms with Gasteiger partial charge in [0.25, 0.3) is 0 Å². The SMILES string of the molecule is C=C(CSc1ccccc1)N[C@@H]1CCCCC1CC(=O)CSc1ccccc1.NC1CCCC[C@H]1NCc1cccs1.O=P(CCNC1CCCC[C@H]1NCc1cccs1)(c1ccccc1)c1ccccc1.c1ccc(SCCNC2CCCC[C@H]2NCc2cccs2)cc1. The fraction of sp³-hybridized carbons (Fsp3) is 0.430. The van der Waals surface area contributed by atoms with Crippen molar-refractivity contribution in [3.05, 3.63) is 231 Å². The van der Waals surface area contributed by atoms with Crippen molar-refractivity contribution in [2.45, 2.75) is 186 Å². The van der Waals surface area contributed by atoms with Crippen LogP contribution >= 0.6 is 76.4 Å². The highest BCUT2D eigenvalue weighted by Crippen LogP contribution is 2.43. The van der Waals surface area contributed by atoms with Crippen LogP contribution in [0, 0.1) is 5.92 Å². The number of nitrogens with two attached hydrogens (primary N) is 1. The molecule has 0 spiro atoms. The third kappa shape index (κ3) is 26.9. The molecule has 0 amide bonds. The fourth-order valence-corrected chi connectivity index (χ4v) is 20.2. The van der Waals surface area contributed by atoms with E-state index in [1.165, 1.54) is 119 Å². The van der Waals surface area contributed by atoms with E-state index in [9.17, 15) is 9.36 Å². The lowest BCUT2D eigenvalue weighted by Gasteiger charge is -2.33. The molecule has 12 rings (SSSR count). The summed E-state index contributed by atoms with van der Waals surface area (Å²) in [5.41, 5.74) is 7.13. The lowest BCUT2D eigenvalue weighted by atomic mass is 9.81. The van der Waals surface area contributed by atoms with Crippen molar-refractivity contribution in [1.82, 2.24) is 31.9 Å². The number of hydrogen-bond acceptors (Lipinski definition) is 15. The van der Waals surface area contributed by atoms with Crippen molar-refractivity contribution < 1.29 is 9.36 Å². The number of carbonyl (C=O) groups is 1. The largest absolute Gasteiger partial charge is 0.385 e. The summed E-state index contributed by atoms with van der Waals surface area (Å²) in [6.45, 7) is 9.02. The lowest BCUT2D eigenvalue weighted by Crippen LogP contribution is -2.50. The predicted molar refractivity (Wildman–Crippen MR) is 416 cm³/mol. The Balaban J connectivity index is 0.000000153. The number of thiophene rings is 3. The van der Waals surface area contributed by atoms with Crippen LogP contribution in [0.15, 0.2) is 231 Å². The Bertz CT molecular complexity index is 3230. The standard InChI is InChI=1S/C25H31N2OPS.C24H29NOS2.C19H26N2S2.C11H18N2S/c28-29(21-10-3-1-4-11-21,22-12-5-2-6-13-22)18-17-26-24-15-7-8-16-25(24)27-20-23-14-9-19-30-23;1-19(17-27-22-11-4-2-5-12-22)25-24-15-9-8-10-20(24)16-21(26)18-28-23-13-6-3-7-14-23;1-2-7-16(8-3-1)23-14-12-20-18-10-4-5-11-19(18)21-15-17-9-6-13-22-17;12-10-5-1-2-6-11(10)13-8-9-4-3-7-14-9/h1-6,9-14,19,24-27H,7-8,15-18,20H2;2-7,11-14,20,24-25H,1,8-10,15-18H2;1-3,6-9,13,18-21H,4-5,10-12,14-15H2;3-4,7,10-11,13H,1-2,5-6,8,12H2/t24?,25-;20?,24-;18?,19-;10?,11-/m1111/s1. The van der Waals surface area contributed by atoms with Crippen molar-refractivity contribution in [3.63, 3.8) is 0 Å². The van der Waals surface area contributed by atoms with Gasteiger partial charge in [0.15, 0.2) is 0 Å².